The van der Waals surface area contributed by atoms with Crippen molar-refractivity contribution in [2.75, 3.05) is 18.9 Å². The van der Waals surface area contributed by atoms with Gasteiger partial charge in [-0.2, -0.15) is 0 Å². The number of nitrogens with one attached hydrogen (secondary N) is 1. The van der Waals surface area contributed by atoms with E-state index in [-0.39, 0.29) is 5.91 Å². The molecule has 0 aromatic heterocycles. The van der Waals surface area contributed by atoms with Gasteiger partial charge < -0.3 is 10.2 Å². The molecular weight excluding hydrogens is 188 g/mol. The van der Waals surface area contributed by atoms with Gasteiger partial charge in [0.25, 0.3) is 0 Å². The number of rotatable bonds is 3. The summed E-state index contributed by atoms with van der Waals surface area (Å²) < 4.78 is 0. The molecule has 1 aromatic rings. The molecule has 0 fully saturated rings. The molecule has 1 N–H and O–H groups in total. The van der Waals surface area contributed by atoms with E-state index in [0.29, 0.717) is 6.42 Å². The summed E-state index contributed by atoms with van der Waals surface area (Å²) in [5.41, 5.74) is 3.37. The van der Waals surface area contributed by atoms with Gasteiger partial charge in [-0.1, -0.05) is 19.1 Å². The smallest absolute Gasteiger partial charge is 0.228 e. The molecule has 0 radical (unpaired) electrons. The summed E-state index contributed by atoms with van der Waals surface area (Å²) in [5.74, 6) is 0.103. The number of hydrogen-bond acceptors (Lipinski definition) is 2. The van der Waals surface area contributed by atoms with E-state index in [1.807, 2.05) is 6.07 Å². The average molecular weight is 204 g/mol. The second-order valence-electron chi connectivity index (χ2n) is 4.05. The van der Waals surface area contributed by atoms with E-state index in [9.17, 15) is 4.79 Å². The Morgan fingerprint density at radius 2 is 2.27 bits per heavy atom. The number of nitrogens with zero attached hydrogens (tertiary/aromatic N) is 1. The minimum Gasteiger partial charge on any atom is -0.326 e. The summed E-state index contributed by atoms with van der Waals surface area (Å²) in [5, 5.41) is 2.84. The lowest BCUT2D eigenvalue weighted by Gasteiger charge is -2.14. The van der Waals surface area contributed by atoms with Crippen LogP contribution in [0.5, 0.6) is 0 Å². The van der Waals surface area contributed by atoms with Gasteiger partial charge in [0.15, 0.2) is 0 Å². The van der Waals surface area contributed by atoms with Crippen LogP contribution in [0.3, 0.4) is 0 Å². The van der Waals surface area contributed by atoms with E-state index < -0.39 is 0 Å². The third kappa shape index (κ3) is 2.18. The third-order valence-electron chi connectivity index (χ3n) is 2.79. The standard InChI is InChI=1S/C12H16N2O/c1-3-14(2)8-9-4-5-11-10(6-9)7-12(15)13-11/h4-6H,3,7-8H2,1-2H3,(H,13,15). The summed E-state index contributed by atoms with van der Waals surface area (Å²) >= 11 is 0. The molecule has 0 unspecified atom stereocenters. The summed E-state index contributed by atoms with van der Waals surface area (Å²) in [6, 6.07) is 6.20. The van der Waals surface area contributed by atoms with Gasteiger partial charge in [0.05, 0.1) is 6.42 Å². The van der Waals surface area contributed by atoms with Gasteiger partial charge in [-0.25, -0.2) is 0 Å². The fraction of sp³-hybridized carbons (Fsp3) is 0.417. The second-order valence-corrected chi connectivity index (χ2v) is 4.05. The van der Waals surface area contributed by atoms with Gasteiger partial charge in [0.1, 0.15) is 0 Å². The maximum atomic E-state index is 11.2. The van der Waals surface area contributed by atoms with Crippen molar-refractivity contribution in [2.45, 2.75) is 19.9 Å². The van der Waals surface area contributed by atoms with E-state index >= 15 is 0 Å². The minimum atomic E-state index is 0.103. The molecular formula is C12H16N2O. The number of fused-ring (bicyclic) bond motifs is 1. The minimum absolute atomic E-state index is 0.103. The molecule has 0 spiro atoms. The van der Waals surface area contributed by atoms with Crippen molar-refractivity contribution in [1.29, 1.82) is 0 Å². The lowest BCUT2D eigenvalue weighted by molar-refractivity contribution is -0.115. The van der Waals surface area contributed by atoms with Crippen LogP contribution < -0.4 is 5.32 Å². The van der Waals surface area contributed by atoms with E-state index in [4.69, 9.17) is 0 Å². The van der Waals surface area contributed by atoms with Gasteiger partial charge >= 0.3 is 0 Å². The van der Waals surface area contributed by atoms with Crippen molar-refractivity contribution in [3.63, 3.8) is 0 Å². The monoisotopic (exact) mass is 204 g/mol. The molecule has 80 valence electrons. The Balaban J connectivity index is 2.16. The topological polar surface area (TPSA) is 32.3 Å². The van der Waals surface area contributed by atoms with Crippen molar-refractivity contribution < 1.29 is 4.79 Å². The van der Waals surface area contributed by atoms with Gasteiger partial charge in [-0.15, -0.1) is 0 Å². The van der Waals surface area contributed by atoms with Gasteiger partial charge in [-0.05, 0) is 30.8 Å². The van der Waals surface area contributed by atoms with Crippen LogP contribution in [0.1, 0.15) is 18.1 Å². The van der Waals surface area contributed by atoms with Gasteiger partial charge in [-0.3, -0.25) is 4.79 Å². The van der Waals surface area contributed by atoms with Crippen molar-refractivity contribution in [3.05, 3.63) is 29.3 Å². The number of anilines is 1. The van der Waals surface area contributed by atoms with E-state index in [1.165, 1.54) is 5.56 Å². The summed E-state index contributed by atoms with van der Waals surface area (Å²) in [4.78, 5) is 13.4. The highest BCUT2D eigenvalue weighted by atomic mass is 16.1. The van der Waals surface area contributed by atoms with Gasteiger partial charge in [0.2, 0.25) is 5.91 Å². The highest BCUT2D eigenvalue weighted by molar-refractivity contribution is 5.99. The number of hydrogen-bond donors (Lipinski definition) is 1. The van der Waals surface area contributed by atoms with E-state index in [0.717, 1.165) is 24.3 Å². The average Bonchev–Trinajstić information content (AvgIpc) is 2.57. The zero-order valence-corrected chi connectivity index (χ0v) is 9.21. The summed E-state index contributed by atoms with van der Waals surface area (Å²) in [6.45, 7) is 4.12. The molecule has 1 aliphatic heterocycles. The van der Waals surface area contributed by atoms with Crippen molar-refractivity contribution in [1.82, 2.24) is 4.90 Å². The lowest BCUT2D eigenvalue weighted by atomic mass is 10.1. The zero-order valence-electron chi connectivity index (χ0n) is 9.21. The Kier molecular flexibility index (Phi) is 2.73. The molecule has 0 saturated heterocycles. The molecule has 1 heterocycles. The first-order chi connectivity index (χ1) is 7.19. The van der Waals surface area contributed by atoms with Crippen LogP contribution >= 0.6 is 0 Å². The van der Waals surface area contributed by atoms with Crippen LogP contribution in [0.25, 0.3) is 0 Å². The normalized spacial score (nSPS) is 14.2. The highest BCUT2D eigenvalue weighted by Crippen LogP contribution is 2.24. The molecule has 3 heteroatoms. The molecule has 0 atom stereocenters. The Morgan fingerprint density at radius 3 is 3.00 bits per heavy atom. The van der Waals surface area contributed by atoms with Crippen molar-refractivity contribution >= 4 is 11.6 Å². The molecule has 0 bridgehead atoms. The Hall–Kier alpha value is -1.35. The van der Waals surface area contributed by atoms with Crippen molar-refractivity contribution in [2.24, 2.45) is 0 Å². The first-order valence-corrected chi connectivity index (χ1v) is 5.29. The zero-order chi connectivity index (χ0) is 10.8. The molecule has 0 aliphatic carbocycles. The maximum absolute atomic E-state index is 11.2. The second kappa shape index (κ2) is 4.03. The van der Waals surface area contributed by atoms with Crippen LogP contribution in [-0.2, 0) is 17.8 Å². The Labute approximate surface area is 90.1 Å². The quantitative estimate of drug-likeness (QED) is 0.811. The molecule has 1 aromatic carbocycles. The fourth-order valence-electron chi connectivity index (χ4n) is 1.80. The molecule has 1 amide bonds. The number of carbonyl (C=O) groups excluding carboxylic acids is 1. The number of amides is 1. The first-order valence-electron chi connectivity index (χ1n) is 5.29. The fourth-order valence-corrected chi connectivity index (χ4v) is 1.80. The van der Waals surface area contributed by atoms with Crippen LogP contribution in [0, 0.1) is 0 Å². The van der Waals surface area contributed by atoms with Crippen LogP contribution in [0.2, 0.25) is 0 Å². The van der Waals surface area contributed by atoms with Gasteiger partial charge in [0, 0.05) is 12.2 Å². The van der Waals surface area contributed by atoms with Crippen LogP contribution in [-0.4, -0.2) is 24.4 Å². The first kappa shape index (κ1) is 10.2. The number of benzene rings is 1. The third-order valence-corrected chi connectivity index (χ3v) is 2.79. The molecule has 0 saturated carbocycles. The maximum Gasteiger partial charge on any atom is 0.228 e. The predicted octanol–water partition coefficient (Wildman–Crippen LogP) is 1.63. The molecule has 3 nitrogen and oxygen atoms in total. The van der Waals surface area contributed by atoms with E-state index in [1.54, 1.807) is 0 Å². The number of carbonyl (C=O) groups is 1. The summed E-state index contributed by atoms with van der Waals surface area (Å²) in [7, 11) is 2.09. The molecule has 1 aliphatic rings. The molecule has 2 rings (SSSR count). The SMILES string of the molecule is CCN(C)Cc1ccc2c(c1)CC(=O)N2. The predicted molar refractivity (Wildman–Crippen MR) is 60.8 cm³/mol. The van der Waals surface area contributed by atoms with E-state index in [2.05, 4.69) is 36.3 Å². The van der Waals surface area contributed by atoms with Crippen LogP contribution in [0.4, 0.5) is 5.69 Å². The Morgan fingerprint density at radius 1 is 1.47 bits per heavy atom. The highest BCUT2D eigenvalue weighted by Gasteiger charge is 2.17. The lowest BCUT2D eigenvalue weighted by Crippen LogP contribution is -2.16. The Bertz CT molecular complexity index is 387. The van der Waals surface area contributed by atoms with Crippen molar-refractivity contribution in [3.8, 4) is 0 Å². The van der Waals surface area contributed by atoms with Crippen LogP contribution in [0.15, 0.2) is 18.2 Å². The largest absolute Gasteiger partial charge is 0.326 e. The summed E-state index contributed by atoms with van der Waals surface area (Å²) in [6.07, 6.45) is 0.527. The molecule has 15 heavy (non-hydrogen) atoms.